The van der Waals surface area contributed by atoms with Crippen molar-refractivity contribution in [1.82, 2.24) is 9.88 Å². The Morgan fingerprint density at radius 3 is 2.92 bits per heavy atom. The highest BCUT2D eigenvalue weighted by Crippen LogP contribution is 2.12. The summed E-state index contributed by atoms with van der Waals surface area (Å²) in [6.07, 6.45) is 3.10. The van der Waals surface area contributed by atoms with E-state index >= 15 is 0 Å². The van der Waals surface area contributed by atoms with E-state index < -0.39 is 0 Å². The number of hydrogen-bond donors (Lipinski definition) is 1. The summed E-state index contributed by atoms with van der Waals surface area (Å²) in [6.45, 7) is 3.47. The molecule has 0 amide bonds. The van der Waals surface area contributed by atoms with Crippen molar-refractivity contribution < 1.29 is 0 Å². The fourth-order valence-corrected chi connectivity index (χ4v) is 1.39. The number of likely N-dealkylation sites (tertiary alicyclic amines) is 1. The summed E-state index contributed by atoms with van der Waals surface area (Å²) < 4.78 is 0. The fraction of sp³-hybridized carbons (Fsp3) is 0.444. The Kier molecular flexibility index (Phi) is 1.96. The van der Waals surface area contributed by atoms with Gasteiger partial charge in [0.2, 0.25) is 0 Å². The van der Waals surface area contributed by atoms with Crippen LogP contribution in [0, 0.1) is 0 Å². The molecule has 0 bridgehead atoms. The molecule has 1 aliphatic rings. The van der Waals surface area contributed by atoms with Crippen LogP contribution in [0.4, 0.5) is 5.82 Å². The van der Waals surface area contributed by atoms with Crippen LogP contribution in [-0.4, -0.2) is 23.0 Å². The Morgan fingerprint density at radius 1 is 1.50 bits per heavy atom. The molecule has 2 rings (SSSR count). The highest BCUT2D eigenvalue weighted by Gasteiger charge is 2.13. The van der Waals surface area contributed by atoms with Gasteiger partial charge in [-0.05, 0) is 37.2 Å². The van der Waals surface area contributed by atoms with Gasteiger partial charge in [-0.2, -0.15) is 0 Å². The predicted molar refractivity (Wildman–Crippen MR) is 48.5 cm³/mol. The van der Waals surface area contributed by atoms with E-state index in [2.05, 4.69) is 9.88 Å². The normalized spacial score (nSPS) is 17.3. The van der Waals surface area contributed by atoms with Gasteiger partial charge in [-0.15, -0.1) is 0 Å². The Morgan fingerprint density at radius 2 is 2.33 bits per heavy atom. The van der Waals surface area contributed by atoms with Crippen LogP contribution in [0.5, 0.6) is 0 Å². The molecule has 0 aromatic carbocycles. The van der Waals surface area contributed by atoms with Crippen molar-refractivity contribution in [3.8, 4) is 0 Å². The Labute approximate surface area is 72.2 Å². The summed E-state index contributed by atoms with van der Waals surface area (Å²) in [5.41, 5.74) is 6.83. The third-order valence-electron chi connectivity index (χ3n) is 2.20. The molecule has 0 radical (unpaired) electrons. The first-order valence-electron chi connectivity index (χ1n) is 4.27. The maximum absolute atomic E-state index is 5.56. The lowest BCUT2D eigenvalue weighted by atomic mass is 10.1. The quantitative estimate of drug-likeness (QED) is 0.703. The Hall–Kier alpha value is -1.09. The van der Waals surface area contributed by atoms with E-state index in [1.165, 1.54) is 25.1 Å². The lowest BCUT2D eigenvalue weighted by Gasteiger charge is -2.30. The molecule has 64 valence electrons. The molecule has 3 heteroatoms. The number of aromatic nitrogens is 1. The van der Waals surface area contributed by atoms with Crippen molar-refractivity contribution in [1.29, 1.82) is 0 Å². The predicted octanol–water partition coefficient (Wildman–Crippen LogP) is 0.869. The molecule has 1 saturated heterocycles. The minimum absolute atomic E-state index is 0.619. The van der Waals surface area contributed by atoms with Crippen molar-refractivity contribution >= 4 is 5.82 Å². The molecule has 0 spiro atoms. The van der Waals surface area contributed by atoms with Gasteiger partial charge in [-0.1, -0.05) is 0 Å². The van der Waals surface area contributed by atoms with Crippen LogP contribution in [0.25, 0.3) is 0 Å². The van der Waals surface area contributed by atoms with Crippen LogP contribution >= 0.6 is 0 Å². The second-order valence-electron chi connectivity index (χ2n) is 3.22. The molecule has 0 atom stereocenters. The van der Waals surface area contributed by atoms with Crippen molar-refractivity contribution in [2.45, 2.75) is 13.0 Å². The number of pyridine rings is 1. The van der Waals surface area contributed by atoms with Gasteiger partial charge in [0.15, 0.2) is 0 Å². The molecule has 0 aliphatic carbocycles. The average molecular weight is 163 g/mol. The van der Waals surface area contributed by atoms with Gasteiger partial charge in [0, 0.05) is 12.7 Å². The summed E-state index contributed by atoms with van der Waals surface area (Å²) in [4.78, 5) is 6.35. The van der Waals surface area contributed by atoms with E-state index in [1.807, 2.05) is 12.1 Å². The molecule has 0 unspecified atom stereocenters. The first-order chi connectivity index (χ1) is 5.84. The monoisotopic (exact) mass is 163 g/mol. The molecule has 12 heavy (non-hydrogen) atoms. The van der Waals surface area contributed by atoms with E-state index in [4.69, 9.17) is 5.73 Å². The maximum Gasteiger partial charge on any atom is 0.123 e. The standard InChI is InChI=1S/C9H13N3/c10-9-6-8(2-3-11-9)7-12-4-1-5-12/h2-3,6H,1,4-5,7H2,(H2,10,11). The highest BCUT2D eigenvalue weighted by molar-refractivity contribution is 5.31. The van der Waals surface area contributed by atoms with Gasteiger partial charge in [0.1, 0.15) is 5.82 Å². The number of anilines is 1. The molecule has 2 N–H and O–H groups in total. The lowest BCUT2D eigenvalue weighted by Crippen LogP contribution is -2.36. The topological polar surface area (TPSA) is 42.1 Å². The third kappa shape index (κ3) is 1.56. The first-order valence-corrected chi connectivity index (χ1v) is 4.27. The largest absolute Gasteiger partial charge is 0.384 e. The van der Waals surface area contributed by atoms with Crippen LogP contribution in [0.3, 0.4) is 0 Å². The van der Waals surface area contributed by atoms with Gasteiger partial charge in [0.25, 0.3) is 0 Å². The molecule has 1 aromatic heterocycles. The summed E-state index contributed by atoms with van der Waals surface area (Å²) in [5.74, 6) is 0.619. The van der Waals surface area contributed by atoms with Crippen molar-refractivity contribution in [2.24, 2.45) is 0 Å². The minimum Gasteiger partial charge on any atom is -0.384 e. The zero-order chi connectivity index (χ0) is 8.39. The molecule has 1 aliphatic heterocycles. The second kappa shape index (κ2) is 3.11. The molecule has 3 nitrogen and oxygen atoms in total. The van der Waals surface area contributed by atoms with E-state index in [0.29, 0.717) is 5.82 Å². The van der Waals surface area contributed by atoms with E-state index in [1.54, 1.807) is 6.20 Å². The summed E-state index contributed by atoms with van der Waals surface area (Å²) in [6, 6.07) is 3.97. The molecule has 1 fully saturated rings. The smallest absolute Gasteiger partial charge is 0.123 e. The average Bonchev–Trinajstić information content (AvgIpc) is 1.97. The van der Waals surface area contributed by atoms with Crippen molar-refractivity contribution in [3.05, 3.63) is 23.9 Å². The van der Waals surface area contributed by atoms with Crippen LogP contribution in [0.1, 0.15) is 12.0 Å². The molecular formula is C9H13N3. The first kappa shape index (κ1) is 7.55. The summed E-state index contributed by atoms with van der Waals surface area (Å²) in [7, 11) is 0. The number of nitrogen functional groups attached to an aromatic ring is 1. The van der Waals surface area contributed by atoms with E-state index in [0.717, 1.165) is 6.54 Å². The molecule has 1 aromatic rings. The van der Waals surface area contributed by atoms with Crippen LogP contribution in [-0.2, 0) is 6.54 Å². The van der Waals surface area contributed by atoms with E-state index in [-0.39, 0.29) is 0 Å². The van der Waals surface area contributed by atoms with Crippen molar-refractivity contribution in [2.75, 3.05) is 18.8 Å². The van der Waals surface area contributed by atoms with Gasteiger partial charge >= 0.3 is 0 Å². The number of nitrogens with two attached hydrogens (primary N) is 1. The van der Waals surface area contributed by atoms with E-state index in [9.17, 15) is 0 Å². The minimum atomic E-state index is 0.619. The van der Waals surface area contributed by atoms with Gasteiger partial charge < -0.3 is 5.73 Å². The Balaban J connectivity index is 2.02. The molecular weight excluding hydrogens is 150 g/mol. The van der Waals surface area contributed by atoms with Gasteiger partial charge in [0.05, 0.1) is 0 Å². The van der Waals surface area contributed by atoms with Crippen LogP contribution in [0.15, 0.2) is 18.3 Å². The zero-order valence-corrected chi connectivity index (χ0v) is 7.03. The molecule has 2 heterocycles. The third-order valence-corrected chi connectivity index (χ3v) is 2.20. The lowest BCUT2D eigenvalue weighted by molar-refractivity contribution is 0.172. The van der Waals surface area contributed by atoms with Gasteiger partial charge in [-0.25, -0.2) is 4.98 Å². The maximum atomic E-state index is 5.56. The number of hydrogen-bond acceptors (Lipinski definition) is 3. The van der Waals surface area contributed by atoms with Crippen LogP contribution < -0.4 is 5.73 Å². The van der Waals surface area contributed by atoms with Crippen molar-refractivity contribution in [3.63, 3.8) is 0 Å². The summed E-state index contributed by atoms with van der Waals surface area (Å²) in [5, 5.41) is 0. The van der Waals surface area contributed by atoms with Crippen LogP contribution in [0.2, 0.25) is 0 Å². The molecule has 0 saturated carbocycles. The van der Waals surface area contributed by atoms with Gasteiger partial charge in [-0.3, -0.25) is 4.90 Å². The summed E-state index contributed by atoms with van der Waals surface area (Å²) >= 11 is 0. The SMILES string of the molecule is Nc1cc(CN2CCC2)ccn1. The number of rotatable bonds is 2. The second-order valence-corrected chi connectivity index (χ2v) is 3.22. The zero-order valence-electron chi connectivity index (χ0n) is 7.03. The Bertz CT molecular complexity index is 268. The highest BCUT2D eigenvalue weighted by atomic mass is 15.2. The fourth-order valence-electron chi connectivity index (χ4n) is 1.39. The number of nitrogens with zero attached hydrogens (tertiary/aromatic N) is 2.